The number of aliphatic hydroxyl groups is 1. The smallest absolute Gasteiger partial charge is 0.123 e. The third kappa shape index (κ3) is 4.83. The topological polar surface area (TPSA) is 41.5 Å². The van der Waals surface area contributed by atoms with Crippen LogP contribution in [0.25, 0.3) is 0 Å². The van der Waals surface area contributed by atoms with Gasteiger partial charge in [0.05, 0.1) is 13.2 Å². The van der Waals surface area contributed by atoms with E-state index in [0.29, 0.717) is 6.42 Å². The summed E-state index contributed by atoms with van der Waals surface area (Å²) in [6, 6.07) is 14.0. The van der Waals surface area contributed by atoms with Gasteiger partial charge in [0.25, 0.3) is 0 Å². The molecule has 2 atom stereocenters. The largest absolute Gasteiger partial charge is 0.497 e. The number of hydrogen-bond acceptors (Lipinski definition) is 3. The fourth-order valence-electron chi connectivity index (χ4n) is 2.27. The molecule has 0 aliphatic rings. The summed E-state index contributed by atoms with van der Waals surface area (Å²) in [7, 11) is 1.65. The van der Waals surface area contributed by atoms with E-state index in [1.807, 2.05) is 31.2 Å². The number of nitrogens with one attached hydrogen (secondary N) is 1. The Bertz CT molecular complexity index is 569. The molecule has 118 valence electrons. The van der Waals surface area contributed by atoms with Crippen molar-refractivity contribution in [2.45, 2.75) is 32.0 Å². The summed E-state index contributed by atoms with van der Waals surface area (Å²) >= 11 is 0. The molecule has 4 heteroatoms. The standard InChI is InChI=1S/C18H22FNO2/c1-13(11-18(21)15-5-7-16(19)8-6-15)20-12-14-3-9-17(22-2)10-4-14/h3-10,13,18,20-21H,11-12H2,1-2H3. The van der Waals surface area contributed by atoms with E-state index in [2.05, 4.69) is 5.32 Å². The number of aliphatic hydroxyl groups excluding tert-OH is 1. The number of halogens is 1. The van der Waals surface area contributed by atoms with Gasteiger partial charge >= 0.3 is 0 Å². The van der Waals surface area contributed by atoms with Gasteiger partial charge in [0, 0.05) is 12.6 Å². The van der Waals surface area contributed by atoms with Crippen molar-refractivity contribution in [1.82, 2.24) is 5.32 Å². The molecule has 0 aliphatic heterocycles. The highest BCUT2D eigenvalue weighted by Gasteiger charge is 2.12. The maximum absolute atomic E-state index is 12.9. The van der Waals surface area contributed by atoms with Crippen molar-refractivity contribution in [2.24, 2.45) is 0 Å². The highest BCUT2D eigenvalue weighted by molar-refractivity contribution is 5.27. The maximum atomic E-state index is 12.9. The normalized spacial score (nSPS) is 13.6. The average molecular weight is 303 g/mol. The molecule has 0 bridgehead atoms. The second kappa shape index (κ2) is 7.92. The fourth-order valence-corrected chi connectivity index (χ4v) is 2.27. The van der Waals surface area contributed by atoms with Crippen LogP contribution in [0.5, 0.6) is 5.75 Å². The zero-order valence-corrected chi connectivity index (χ0v) is 12.9. The fraction of sp³-hybridized carbons (Fsp3) is 0.333. The van der Waals surface area contributed by atoms with Gasteiger partial charge < -0.3 is 15.2 Å². The first-order valence-corrected chi connectivity index (χ1v) is 7.38. The molecule has 0 aromatic heterocycles. The van der Waals surface area contributed by atoms with Crippen LogP contribution in [-0.2, 0) is 6.54 Å². The Balaban J connectivity index is 1.81. The van der Waals surface area contributed by atoms with Gasteiger partial charge in [-0.05, 0) is 48.7 Å². The molecular formula is C18H22FNO2. The monoisotopic (exact) mass is 303 g/mol. The highest BCUT2D eigenvalue weighted by Crippen LogP contribution is 2.19. The average Bonchev–Trinajstić information content (AvgIpc) is 2.54. The number of hydrogen-bond donors (Lipinski definition) is 2. The van der Waals surface area contributed by atoms with Crippen LogP contribution in [0.15, 0.2) is 48.5 Å². The van der Waals surface area contributed by atoms with Crippen molar-refractivity contribution in [3.63, 3.8) is 0 Å². The van der Waals surface area contributed by atoms with Crippen LogP contribution in [0.4, 0.5) is 4.39 Å². The lowest BCUT2D eigenvalue weighted by atomic mass is 10.0. The third-order valence-electron chi connectivity index (χ3n) is 3.65. The summed E-state index contributed by atoms with van der Waals surface area (Å²) in [5.74, 6) is 0.546. The van der Waals surface area contributed by atoms with E-state index in [9.17, 15) is 9.50 Å². The first-order chi connectivity index (χ1) is 10.6. The van der Waals surface area contributed by atoms with E-state index >= 15 is 0 Å². The van der Waals surface area contributed by atoms with Gasteiger partial charge in [-0.15, -0.1) is 0 Å². The van der Waals surface area contributed by atoms with Crippen LogP contribution in [0.3, 0.4) is 0 Å². The quantitative estimate of drug-likeness (QED) is 0.823. The van der Waals surface area contributed by atoms with E-state index in [1.165, 1.54) is 12.1 Å². The second-order valence-electron chi connectivity index (χ2n) is 5.43. The summed E-state index contributed by atoms with van der Waals surface area (Å²) in [6.07, 6.45) is -0.0270. The summed E-state index contributed by atoms with van der Waals surface area (Å²) in [4.78, 5) is 0. The Morgan fingerprint density at radius 2 is 1.73 bits per heavy atom. The number of rotatable bonds is 7. The van der Waals surface area contributed by atoms with Crippen LogP contribution >= 0.6 is 0 Å². The van der Waals surface area contributed by atoms with Crippen LogP contribution in [-0.4, -0.2) is 18.3 Å². The summed E-state index contributed by atoms with van der Waals surface area (Å²) in [6.45, 7) is 2.75. The molecule has 2 rings (SSSR count). The van der Waals surface area contributed by atoms with Crippen molar-refractivity contribution in [2.75, 3.05) is 7.11 Å². The molecule has 2 aromatic carbocycles. The zero-order valence-electron chi connectivity index (χ0n) is 12.9. The number of benzene rings is 2. The van der Waals surface area contributed by atoms with Gasteiger partial charge in [-0.3, -0.25) is 0 Å². The van der Waals surface area contributed by atoms with Gasteiger partial charge in [-0.1, -0.05) is 24.3 Å². The molecule has 0 saturated heterocycles. The molecule has 2 unspecified atom stereocenters. The highest BCUT2D eigenvalue weighted by atomic mass is 19.1. The molecule has 0 saturated carbocycles. The van der Waals surface area contributed by atoms with Crippen molar-refractivity contribution >= 4 is 0 Å². The second-order valence-corrected chi connectivity index (χ2v) is 5.43. The number of methoxy groups -OCH3 is 1. The first kappa shape index (κ1) is 16.5. The Kier molecular flexibility index (Phi) is 5.92. The van der Waals surface area contributed by atoms with Gasteiger partial charge in [0.15, 0.2) is 0 Å². The molecule has 22 heavy (non-hydrogen) atoms. The SMILES string of the molecule is COc1ccc(CNC(C)CC(O)c2ccc(F)cc2)cc1. The minimum Gasteiger partial charge on any atom is -0.497 e. The van der Waals surface area contributed by atoms with Crippen LogP contribution in [0.1, 0.15) is 30.6 Å². The molecule has 0 aliphatic carbocycles. The summed E-state index contributed by atoms with van der Waals surface area (Å²) < 4.78 is 18.0. The number of ether oxygens (including phenoxy) is 1. The van der Waals surface area contributed by atoms with E-state index in [0.717, 1.165) is 23.4 Å². The molecule has 2 N–H and O–H groups in total. The lowest BCUT2D eigenvalue weighted by Crippen LogP contribution is -2.27. The molecule has 3 nitrogen and oxygen atoms in total. The minimum atomic E-state index is -0.598. The molecule has 0 heterocycles. The van der Waals surface area contributed by atoms with Gasteiger partial charge in [0.1, 0.15) is 11.6 Å². The predicted octanol–water partition coefficient (Wildman–Crippen LogP) is 3.44. The predicted molar refractivity (Wildman–Crippen MR) is 85.3 cm³/mol. The third-order valence-corrected chi connectivity index (χ3v) is 3.65. The maximum Gasteiger partial charge on any atom is 0.123 e. The summed E-state index contributed by atoms with van der Waals surface area (Å²) in [5, 5.41) is 13.5. The Morgan fingerprint density at radius 1 is 1.09 bits per heavy atom. The van der Waals surface area contributed by atoms with E-state index in [1.54, 1.807) is 19.2 Å². The Labute approximate surface area is 130 Å². The molecule has 0 radical (unpaired) electrons. The van der Waals surface area contributed by atoms with Crippen LogP contribution in [0, 0.1) is 5.82 Å². The van der Waals surface area contributed by atoms with Crippen molar-refractivity contribution < 1.29 is 14.2 Å². The first-order valence-electron chi connectivity index (χ1n) is 7.38. The van der Waals surface area contributed by atoms with E-state index in [-0.39, 0.29) is 11.9 Å². The lowest BCUT2D eigenvalue weighted by Gasteiger charge is -2.18. The van der Waals surface area contributed by atoms with Gasteiger partial charge in [0.2, 0.25) is 0 Å². The minimum absolute atomic E-state index is 0.141. The van der Waals surface area contributed by atoms with Crippen molar-refractivity contribution in [1.29, 1.82) is 0 Å². The van der Waals surface area contributed by atoms with Gasteiger partial charge in [-0.2, -0.15) is 0 Å². The Hall–Kier alpha value is -1.91. The molecule has 0 amide bonds. The molecular weight excluding hydrogens is 281 g/mol. The lowest BCUT2D eigenvalue weighted by molar-refractivity contribution is 0.153. The van der Waals surface area contributed by atoms with E-state index in [4.69, 9.17) is 4.74 Å². The van der Waals surface area contributed by atoms with Gasteiger partial charge in [-0.25, -0.2) is 4.39 Å². The molecule has 2 aromatic rings. The van der Waals surface area contributed by atoms with Crippen LogP contribution < -0.4 is 10.1 Å². The van der Waals surface area contributed by atoms with Crippen molar-refractivity contribution in [3.05, 3.63) is 65.5 Å². The summed E-state index contributed by atoms with van der Waals surface area (Å²) in [5.41, 5.74) is 1.89. The molecule has 0 fully saturated rings. The Morgan fingerprint density at radius 3 is 2.32 bits per heavy atom. The van der Waals surface area contributed by atoms with E-state index < -0.39 is 6.10 Å². The van der Waals surface area contributed by atoms with Crippen LogP contribution in [0.2, 0.25) is 0 Å². The molecule has 0 spiro atoms. The zero-order chi connectivity index (χ0) is 15.9. The van der Waals surface area contributed by atoms with Crippen molar-refractivity contribution in [3.8, 4) is 5.75 Å².